The van der Waals surface area contributed by atoms with Crippen molar-refractivity contribution in [2.45, 2.75) is 0 Å². The molecule has 2 aromatic rings. The molecule has 0 aliphatic rings. The number of aromatic nitrogens is 1. The minimum atomic E-state index is -0.0324. The van der Waals surface area contributed by atoms with Crippen LogP contribution in [0.25, 0.3) is 11.3 Å². The average molecular weight is 350 g/mol. The Kier molecular flexibility index (Phi) is 2.99. The summed E-state index contributed by atoms with van der Waals surface area (Å²) in [6.45, 7) is 0. The van der Waals surface area contributed by atoms with Crippen LogP contribution in [0.5, 0.6) is 11.5 Å². The molecule has 1 heterocycles. The standard InChI is InChI=1S/C9H4Br2NO2S/c10-5-1-4(6-2-15-3-12-6)8(13)7(11)9(5)14/h1-2,13-14H. The fourth-order valence-electron chi connectivity index (χ4n) is 1.10. The molecule has 0 saturated heterocycles. The Balaban J connectivity index is 2.69. The van der Waals surface area contributed by atoms with Crippen molar-refractivity contribution in [3.63, 3.8) is 0 Å². The van der Waals surface area contributed by atoms with Crippen molar-refractivity contribution < 1.29 is 10.2 Å². The lowest BCUT2D eigenvalue weighted by Crippen LogP contribution is -1.82. The minimum absolute atomic E-state index is 0.0320. The van der Waals surface area contributed by atoms with Crippen LogP contribution in [0.4, 0.5) is 0 Å². The van der Waals surface area contributed by atoms with E-state index >= 15 is 0 Å². The van der Waals surface area contributed by atoms with Crippen LogP contribution in [0, 0.1) is 5.51 Å². The molecule has 1 aromatic heterocycles. The van der Waals surface area contributed by atoms with E-state index in [2.05, 4.69) is 42.4 Å². The van der Waals surface area contributed by atoms with Crippen LogP contribution in [-0.4, -0.2) is 15.2 Å². The third-order valence-corrected chi connectivity index (χ3v) is 3.73. The highest BCUT2D eigenvalue weighted by Crippen LogP contribution is 2.44. The van der Waals surface area contributed by atoms with Crippen molar-refractivity contribution in [2.24, 2.45) is 0 Å². The Morgan fingerprint density at radius 2 is 2.00 bits per heavy atom. The van der Waals surface area contributed by atoms with Crippen LogP contribution < -0.4 is 0 Å². The zero-order valence-corrected chi connectivity index (χ0v) is 11.1. The second-order valence-electron chi connectivity index (χ2n) is 2.74. The largest absolute Gasteiger partial charge is 0.506 e. The van der Waals surface area contributed by atoms with E-state index in [4.69, 9.17) is 0 Å². The van der Waals surface area contributed by atoms with Crippen molar-refractivity contribution in [3.8, 4) is 22.8 Å². The van der Waals surface area contributed by atoms with E-state index in [1.807, 2.05) is 0 Å². The quantitative estimate of drug-likeness (QED) is 0.827. The third kappa shape index (κ3) is 1.89. The number of halogens is 2. The lowest BCUT2D eigenvalue weighted by atomic mass is 10.1. The Morgan fingerprint density at radius 1 is 1.27 bits per heavy atom. The fourth-order valence-corrected chi connectivity index (χ4v) is 2.72. The Hall–Kier alpha value is -0.590. The van der Waals surface area contributed by atoms with E-state index in [1.165, 1.54) is 11.3 Å². The molecule has 0 aliphatic carbocycles. The van der Waals surface area contributed by atoms with Crippen LogP contribution in [0.1, 0.15) is 0 Å². The topological polar surface area (TPSA) is 53.4 Å². The third-order valence-electron chi connectivity index (χ3n) is 1.83. The summed E-state index contributed by atoms with van der Waals surface area (Å²) in [4.78, 5) is 3.97. The average Bonchev–Trinajstić information content (AvgIpc) is 2.73. The molecule has 1 radical (unpaired) electrons. The van der Waals surface area contributed by atoms with Gasteiger partial charge in [-0.1, -0.05) is 0 Å². The lowest BCUT2D eigenvalue weighted by molar-refractivity contribution is 0.443. The van der Waals surface area contributed by atoms with E-state index in [1.54, 1.807) is 11.4 Å². The van der Waals surface area contributed by atoms with Gasteiger partial charge in [0.15, 0.2) is 5.51 Å². The van der Waals surface area contributed by atoms with Gasteiger partial charge in [0.2, 0.25) is 0 Å². The van der Waals surface area contributed by atoms with Crippen molar-refractivity contribution in [1.82, 2.24) is 4.98 Å². The SMILES string of the molecule is Oc1c(Br)cc(-c2cs[c]n2)c(O)c1Br. The highest BCUT2D eigenvalue weighted by atomic mass is 79.9. The maximum atomic E-state index is 9.80. The molecule has 3 nitrogen and oxygen atoms in total. The van der Waals surface area contributed by atoms with Gasteiger partial charge in [0, 0.05) is 10.9 Å². The van der Waals surface area contributed by atoms with E-state index in [0.717, 1.165) is 0 Å². The highest BCUT2D eigenvalue weighted by molar-refractivity contribution is 9.11. The highest BCUT2D eigenvalue weighted by Gasteiger charge is 2.16. The summed E-state index contributed by atoms with van der Waals surface area (Å²) in [6.07, 6.45) is 0. The Labute approximate surface area is 107 Å². The molecule has 2 N–H and O–H groups in total. The molecule has 77 valence electrons. The molecule has 0 fully saturated rings. The Bertz CT molecular complexity index is 499. The molecule has 0 atom stereocenters. The van der Waals surface area contributed by atoms with Crippen molar-refractivity contribution in [3.05, 3.63) is 25.9 Å². The Morgan fingerprint density at radius 3 is 2.60 bits per heavy atom. The van der Waals surface area contributed by atoms with Crippen LogP contribution in [0.15, 0.2) is 20.4 Å². The monoisotopic (exact) mass is 348 g/mol. The van der Waals surface area contributed by atoms with Gasteiger partial charge in [0.05, 0.1) is 10.2 Å². The molecule has 0 aliphatic heterocycles. The lowest BCUT2D eigenvalue weighted by Gasteiger charge is -2.07. The molecule has 0 amide bonds. The maximum absolute atomic E-state index is 9.80. The number of phenols is 2. The number of aromatic hydroxyl groups is 2. The van der Waals surface area contributed by atoms with Crippen LogP contribution in [0.2, 0.25) is 0 Å². The summed E-state index contributed by atoms with van der Waals surface area (Å²) in [6, 6.07) is 1.61. The van der Waals surface area contributed by atoms with Gasteiger partial charge >= 0.3 is 0 Å². The summed E-state index contributed by atoms with van der Waals surface area (Å²) in [5, 5.41) is 21.1. The van der Waals surface area contributed by atoms with Crippen molar-refractivity contribution >= 4 is 43.2 Å². The normalized spacial score (nSPS) is 10.5. The zero-order valence-electron chi connectivity index (χ0n) is 7.16. The molecule has 6 heteroatoms. The fraction of sp³-hybridized carbons (Fsp3) is 0. The first-order chi connectivity index (χ1) is 7.11. The molecule has 0 spiro atoms. The number of nitrogens with zero attached hydrogens (tertiary/aromatic N) is 1. The first-order valence-electron chi connectivity index (χ1n) is 3.83. The molecule has 15 heavy (non-hydrogen) atoms. The van der Waals surface area contributed by atoms with Gasteiger partial charge in [-0.15, -0.1) is 11.3 Å². The summed E-state index contributed by atoms with van der Waals surface area (Å²) >= 11 is 7.61. The molecular formula is C9H4Br2NO2S. The van der Waals surface area contributed by atoms with E-state index in [-0.39, 0.29) is 16.0 Å². The first-order valence-corrected chi connectivity index (χ1v) is 6.29. The van der Waals surface area contributed by atoms with Gasteiger partial charge in [0.1, 0.15) is 16.0 Å². The van der Waals surface area contributed by atoms with Gasteiger partial charge in [-0.25, -0.2) is 4.98 Å². The predicted molar refractivity (Wildman–Crippen MR) is 65.1 cm³/mol. The molecule has 1 aromatic carbocycles. The van der Waals surface area contributed by atoms with Crippen LogP contribution >= 0.6 is 43.2 Å². The van der Waals surface area contributed by atoms with Crippen LogP contribution in [0.3, 0.4) is 0 Å². The van der Waals surface area contributed by atoms with Gasteiger partial charge < -0.3 is 10.2 Å². The van der Waals surface area contributed by atoms with E-state index in [9.17, 15) is 10.2 Å². The first kappa shape index (κ1) is 10.9. The summed E-state index contributed by atoms with van der Waals surface area (Å²) in [7, 11) is 0. The molecular weight excluding hydrogens is 346 g/mol. The maximum Gasteiger partial charge on any atom is 0.152 e. The van der Waals surface area contributed by atoms with Gasteiger partial charge in [0.25, 0.3) is 0 Å². The summed E-state index contributed by atoms with van der Waals surface area (Å²) in [5.41, 5.74) is 3.87. The summed E-state index contributed by atoms with van der Waals surface area (Å²) < 4.78 is 0.745. The van der Waals surface area contributed by atoms with E-state index < -0.39 is 0 Å². The van der Waals surface area contributed by atoms with Crippen LogP contribution in [-0.2, 0) is 0 Å². The number of thiazole rings is 1. The van der Waals surface area contributed by atoms with Gasteiger partial charge in [-0.3, -0.25) is 0 Å². The molecule has 2 rings (SSSR count). The number of rotatable bonds is 1. The summed E-state index contributed by atoms with van der Waals surface area (Å²) in [5.74, 6) is -0.0644. The smallest absolute Gasteiger partial charge is 0.152 e. The second-order valence-corrected chi connectivity index (χ2v) is 5.04. The molecule has 0 bridgehead atoms. The van der Waals surface area contributed by atoms with Gasteiger partial charge in [-0.2, -0.15) is 0 Å². The van der Waals surface area contributed by atoms with Crippen molar-refractivity contribution in [2.75, 3.05) is 0 Å². The van der Waals surface area contributed by atoms with E-state index in [0.29, 0.717) is 15.7 Å². The minimum Gasteiger partial charge on any atom is -0.506 e. The number of hydrogen-bond donors (Lipinski definition) is 2. The zero-order chi connectivity index (χ0) is 11.0. The number of hydrogen-bond acceptors (Lipinski definition) is 4. The number of benzene rings is 1. The predicted octanol–water partition coefficient (Wildman–Crippen LogP) is 3.55. The molecule has 0 unspecified atom stereocenters. The van der Waals surface area contributed by atoms with Crippen molar-refractivity contribution in [1.29, 1.82) is 0 Å². The molecule has 0 saturated carbocycles. The van der Waals surface area contributed by atoms with Gasteiger partial charge in [-0.05, 0) is 37.9 Å². The number of phenolic OH excluding ortho intramolecular Hbond substituents is 2. The second kappa shape index (κ2) is 4.11.